The monoisotopic (exact) mass is 554 g/mol. The molecule has 0 unspecified atom stereocenters. The van der Waals surface area contributed by atoms with Gasteiger partial charge in [-0.3, -0.25) is 4.79 Å². The van der Waals surface area contributed by atoms with Gasteiger partial charge in [-0.25, -0.2) is 0 Å². The molecule has 3 heteroatoms. The number of ketones is 1. The fraction of sp³-hybridized carbons (Fsp3) is 0.0750. The van der Waals surface area contributed by atoms with E-state index in [0.717, 1.165) is 88.4 Å². The van der Waals surface area contributed by atoms with Gasteiger partial charge in [0.05, 0.1) is 0 Å². The number of hydrogen-bond donors (Lipinski definition) is 0. The van der Waals surface area contributed by atoms with Gasteiger partial charge in [-0.05, 0) is 81.9 Å². The summed E-state index contributed by atoms with van der Waals surface area (Å²) >= 11 is 0. The van der Waals surface area contributed by atoms with Crippen LogP contribution in [-0.4, -0.2) is 5.78 Å². The zero-order valence-electron chi connectivity index (χ0n) is 23.8. The molecule has 1 aliphatic rings. The first-order valence-corrected chi connectivity index (χ1v) is 14.6. The van der Waals surface area contributed by atoms with Gasteiger partial charge in [0.2, 0.25) is 0 Å². The van der Waals surface area contributed by atoms with E-state index in [2.05, 4.69) is 86.6 Å². The highest BCUT2D eigenvalue weighted by atomic mass is 16.3. The lowest BCUT2D eigenvalue weighted by atomic mass is 9.67. The summed E-state index contributed by atoms with van der Waals surface area (Å²) in [5, 5.41) is 4.35. The Kier molecular flexibility index (Phi) is 4.82. The third-order valence-corrected chi connectivity index (χ3v) is 9.30. The smallest absolute Gasteiger partial charge is 0.193 e. The Morgan fingerprint density at radius 1 is 0.442 bits per heavy atom. The molecule has 2 heterocycles. The van der Waals surface area contributed by atoms with Gasteiger partial charge < -0.3 is 8.83 Å². The number of rotatable bonds is 2. The van der Waals surface area contributed by atoms with E-state index < -0.39 is 0 Å². The molecule has 0 saturated carbocycles. The number of furan rings is 2. The molecule has 9 rings (SSSR count). The Hall–Kier alpha value is -5.41. The lowest BCUT2D eigenvalue weighted by Gasteiger charge is -2.35. The summed E-state index contributed by atoms with van der Waals surface area (Å²) in [5.74, 6) is 0.0673. The Morgan fingerprint density at radius 3 is 1.33 bits per heavy atom. The molecule has 0 bridgehead atoms. The fourth-order valence-electron chi connectivity index (χ4n) is 7.01. The molecule has 43 heavy (non-hydrogen) atoms. The van der Waals surface area contributed by atoms with Crippen molar-refractivity contribution in [1.82, 2.24) is 0 Å². The van der Waals surface area contributed by atoms with Gasteiger partial charge in [0.1, 0.15) is 22.3 Å². The van der Waals surface area contributed by atoms with Crippen LogP contribution in [0.5, 0.6) is 0 Å². The predicted molar refractivity (Wildman–Crippen MR) is 174 cm³/mol. The highest BCUT2D eigenvalue weighted by Crippen LogP contribution is 2.44. The van der Waals surface area contributed by atoms with Crippen molar-refractivity contribution in [2.24, 2.45) is 0 Å². The Bertz CT molecular complexity index is 2280. The molecule has 204 valence electrons. The predicted octanol–water partition coefficient (Wildman–Crippen LogP) is 10.7. The number of fused-ring (bicyclic) bond motifs is 8. The molecule has 0 saturated heterocycles. The van der Waals surface area contributed by atoms with E-state index in [-0.39, 0.29) is 11.2 Å². The number of benzene rings is 6. The minimum atomic E-state index is -0.314. The molecule has 0 aliphatic heterocycles. The third-order valence-electron chi connectivity index (χ3n) is 9.30. The topological polar surface area (TPSA) is 43.4 Å². The van der Waals surface area contributed by atoms with E-state index in [9.17, 15) is 4.79 Å². The van der Waals surface area contributed by atoms with Gasteiger partial charge >= 0.3 is 0 Å². The Morgan fingerprint density at radius 2 is 0.837 bits per heavy atom. The zero-order valence-corrected chi connectivity index (χ0v) is 23.8. The molecular formula is C40H26O3. The van der Waals surface area contributed by atoms with Crippen LogP contribution >= 0.6 is 0 Å². The van der Waals surface area contributed by atoms with Crippen LogP contribution in [-0.2, 0) is 5.41 Å². The van der Waals surface area contributed by atoms with E-state index in [1.807, 2.05) is 48.5 Å². The van der Waals surface area contributed by atoms with Crippen molar-refractivity contribution in [2.75, 3.05) is 0 Å². The summed E-state index contributed by atoms with van der Waals surface area (Å²) in [7, 11) is 0. The van der Waals surface area contributed by atoms with Gasteiger partial charge in [-0.15, -0.1) is 0 Å². The largest absolute Gasteiger partial charge is 0.456 e. The van der Waals surface area contributed by atoms with Gasteiger partial charge in [-0.2, -0.15) is 0 Å². The fourth-order valence-corrected chi connectivity index (χ4v) is 7.01. The second kappa shape index (κ2) is 8.56. The molecule has 1 aliphatic carbocycles. The van der Waals surface area contributed by atoms with E-state index in [4.69, 9.17) is 8.83 Å². The highest BCUT2D eigenvalue weighted by molar-refractivity contribution is 6.15. The van der Waals surface area contributed by atoms with Crippen molar-refractivity contribution >= 4 is 49.7 Å². The van der Waals surface area contributed by atoms with Crippen LogP contribution in [0.3, 0.4) is 0 Å². The molecule has 0 spiro atoms. The third kappa shape index (κ3) is 3.45. The molecule has 0 atom stereocenters. The average molecular weight is 555 g/mol. The molecule has 3 nitrogen and oxygen atoms in total. The minimum Gasteiger partial charge on any atom is -0.456 e. The van der Waals surface area contributed by atoms with Gasteiger partial charge in [0.15, 0.2) is 5.78 Å². The van der Waals surface area contributed by atoms with Gasteiger partial charge in [0, 0.05) is 38.1 Å². The summed E-state index contributed by atoms with van der Waals surface area (Å²) in [6.07, 6.45) is 0. The summed E-state index contributed by atoms with van der Waals surface area (Å²) in [4.78, 5) is 14.2. The summed E-state index contributed by atoms with van der Waals surface area (Å²) in [6.45, 7) is 4.42. The van der Waals surface area contributed by atoms with Crippen molar-refractivity contribution < 1.29 is 13.6 Å². The standard InChI is InChI=1S/C40H26O3/c1-40(2)33-15-11-23(25-13-17-37-29(19-25)27-7-3-5-9-35(27)42-37)21-31(33)39(41)32-22-24(12-16-34(32)40)26-14-18-38-30(20-26)28-8-4-6-10-36(28)43-38/h3-22H,1-2H3. The van der Waals surface area contributed by atoms with Crippen LogP contribution in [0.25, 0.3) is 66.1 Å². The summed E-state index contributed by atoms with van der Waals surface area (Å²) < 4.78 is 12.1. The lowest BCUT2D eigenvalue weighted by molar-refractivity contribution is 0.103. The van der Waals surface area contributed by atoms with E-state index in [1.54, 1.807) is 0 Å². The minimum absolute atomic E-state index is 0.0673. The van der Waals surface area contributed by atoms with Crippen LogP contribution < -0.4 is 0 Å². The van der Waals surface area contributed by atoms with Crippen molar-refractivity contribution in [2.45, 2.75) is 19.3 Å². The number of hydrogen-bond acceptors (Lipinski definition) is 3. The van der Waals surface area contributed by atoms with Crippen LogP contribution in [0.15, 0.2) is 130 Å². The van der Waals surface area contributed by atoms with Crippen LogP contribution in [0.2, 0.25) is 0 Å². The van der Waals surface area contributed by atoms with Crippen molar-refractivity contribution in [3.63, 3.8) is 0 Å². The Balaban J connectivity index is 1.16. The number of carbonyl (C=O) groups is 1. The SMILES string of the molecule is CC1(C)c2ccc(-c3ccc4oc5ccccc5c4c3)cc2C(=O)c2cc(-c3ccc4oc5ccccc5c4c3)ccc21. The number of carbonyl (C=O) groups excluding carboxylic acids is 1. The van der Waals surface area contributed by atoms with Crippen LogP contribution in [0.4, 0.5) is 0 Å². The first-order valence-electron chi connectivity index (χ1n) is 14.6. The zero-order chi connectivity index (χ0) is 28.9. The second-order valence-electron chi connectivity index (χ2n) is 12.1. The summed E-state index contributed by atoms with van der Waals surface area (Å²) in [6, 6.07) is 41.4. The van der Waals surface area contributed by atoms with E-state index in [0.29, 0.717) is 0 Å². The highest BCUT2D eigenvalue weighted by Gasteiger charge is 2.37. The van der Waals surface area contributed by atoms with Crippen LogP contribution in [0.1, 0.15) is 40.9 Å². The first-order chi connectivity index (χ1) is 21.0. The molecular weight excluding hydrogens is 528 g/mol. The summed E-state index contributed by atoms with van der Waals surface area (Å²) in [5.41, 5.74) is 11.0. The van der Waals surface area contributed by atoms with Crippen molar-refractivity contribution in [1.29, 1.82) is 0 Å². The van der Waals surface area contributed by atoms with E-state index >= 15 is 0 Å². The first kappa shape index (κ1) is 24.2. The molecule has 0 N–H and O–H groups in total. The maximum atomic E-state index is 14.2. The number of para-hydroxylation sites is 2. The quantitative estimate of drug-likeness (QED) is 0.213. The normalized spacial score (nSPS) is 14.0. The van der Waals surface area contributed by atoms with Crippen molar-refractivity contribution in [3.05, 3.63) is 144 Å². The lowest BCUT2D eigenvalue weighted by Crippen LogP contribution is -2.30. The molecule has 0 radical (unpaired) electrons. The van der Waals surface area contributed by atoms with Crippen molar-refractivity contribution in [3.8, 4) is 22.3 Å². The maximum absolute atomic E-state index is 14.2. The van der Waals surface area contributed by atoms with E-state index in [1.165, 1.54) is 0 Å². The van der Waals surface area contributed by atoms with Gasteiger partial charge in [-0.1, -0.05) is 86.6 Å². The van der Waals surface area contributed by atoms with Crippen LogP contribution in [0, 0.1) is 0 Å². The Labute approximate surface area is 248 Å². The molecule has 6 aromatic carbocycles. The van der Waals surface area contributed by atoms with Gasteiger partial charge in [0.25, 0.3) is 0 Å². The second-order valence-corrected chi connectivity index (χ2v) is 12.1. The molecule has 8 aromatic rings. The average Bonchev–Trinajstić information content (AvgIpc) is 3.61. The molecule has 0 fully saturated rings. The maximum Gasteiger partial charge on any atom is 0.193 e. The molecule has 0 amide bonds. The molecule has 2 aromatic heterocycles.